The number of carbonyl (C=O) groups excluding carboxylic acids is 1. The Kier molecular flexibility index (Phi) is 9.84. The number of alkyl carbamates (subject to hydrolysis) is 1. The first-order valence-corrected chi connectivity index (χ1v) is 15.8. The minimum Gasteiger partial charge on any atom is -0.442 e. The van der Waals surface area contributed by atoms with Crippen LogP contribution in [0.3, 0.4) is 0 Å². The minimum atomic E-state index is -4.06. The predicted molar refractivity (Wildman–Crippen MR) is 158 cm³/mol. The van der Waals surface area contributed by atoms with E-state index in [2.05, 4.69) is 20.9 Å². The van der Waals surface area contributed by atoms with Crippen LogP contribution in [0, 0.1) is 5.92 Å². The summed E-state index contributed by atoms with van der Waals surface area (Å²) in [6.45, 7) is 4.96. The SMILES string of the molecule is CNc1nc2ccc(S(=O)(=O)N(CC(C)C)C[C@@H](O)[C@H](Cc3ccccc3)NC(=O)O[C@@H]3CO[C@@H]4OCCN[C@@H]43)cc2o1. The van der Waals surface area contributed by atoms with Gasteiger partial charge in [-0.1, -0.05) is 44.2 Å². The van der Waals surface area contributed by atoms with Crippen molar-refractivity contribution in [3.8, 4) is 0 Å². The fourth-order valence-corrected chi connectivity index (χ4v) is 6.91. The maximum Gasteiger partial charge on any atom is 0.407 e. The van der Waals surface area contributed by atoms with Crippen molar-refractivity contribution >= 4 is 33.2 Å². The lowest BCUT2D eigenvalue weighted by Crippen LogP contribution is -2.54. The number of benzene rings is 2. The van der Waals surface area contributed by atoms with E-state index in [1.165, 1.54) is 16.4 Å². The van der Waals surface area contributed by atoms with Crippen molar-refractivity contribution in [2.24, 2.45) is 5.92 Å². The summed E-state index contributed by atoms with van der Waals surface area (Å²) in [5.74, 6) is -0.0436. The highest BCUT2D eigenvalue weighted by Crippen LogP contribution is 2.26. The molecule has 234 valence electrons. The fraction of sp³-hybridized carbons (Fsp3) is 0.517. The van der Waals surface area contributed by atoms with Crippen LogP contribution in [-0.2, 0) is 30.7 Å². The van der Waals surface area contributed by atoms with Gasteiger partial charge in [0.1, 0.15) is 11.6 Å². The molecule has 3 heterocycles. The van der Waals surface area contributed by atoms with Crippen LogP contribution < -0.4 is 16.0 Å². The number of hydrogen-bond acceptors (Lipinski definition) is 11. The van der Waals surface area contributed by atoms with Gasteiger partial charge in [0.25, 0.3) is 6.01 Å². The van der Waals surface area contributed by atoms with E-state index in [1.807, 2.05) is 44.2 Å². The van der Waals surface area contributed by atoms with Gasteiger partial charge in [0.15, 0.2) is 11.9 Å². The number of nitrogens with zero attached hydrogens (tertiary/aromatic N) is 2. The van der Waals surface area contributed by atoms with E-state index in [0.717, 1.165) is 5.56 Å². The van der Waals surface area contributed by atoms with Crippen LogP contribution in [0.2, 0.25) is 0 Å². The van der Waals surface area contributed by atoms with Gasteiger partial charge in [-0.05, 0) is 30.0 Å². The molecule has 0 radical (unpaired) electrons. The van der Waals surface area contributed by atoms with E-state index in [9.17, 15) is 18.3 Å². The molecule has 0 bridgehead atoms. The number of morpholine rings is 1. The molecular formula is C29H39N5O8S. The maximum absolute atomic E-state index is 13.9. The molecule has 1 amide bonds. The number of aliphatic hydroxyl groups excluding tert-OH is 1. The normalized spacial score (nSPS) is 22.0. The molecule has 2 aliphatic heterocycles. The molecule has 0 saturated carbocycles. The maximum atomic E-state index is 13.9. The molecule has 13 nitrogen and oxygen atoms in total. The van der Waals surface area contributed by atoms with Crippen molar-refractivity contribution in [3.63, 3.8) is 0 Å². The molecule has 0 spiro atoms. The van der Waals surface area contributed by atoms with Crippen LogP contribution in [0.5, 0.6) is 0 Å². The molecule has 5 atom stereocenters. The summed E-state index contributed by atoms with van der Waals surface area (Å²) in [7, 11) is -2.41. The quantitative estimate of drug-likeness (QED) is 0.235. The highest BCUT2D eigenvalue weighted by Gasteiger charge is 2.42. The molecule has 5 rings (SSSR count). The number of carbonyl (C=O) groups is 1. The van der Waals surface area contributed by atoms with Crippen LogP contribution in [0.25, 0.3) is 11.1 Å². The number of aliphatic hydroxyl groups is 1. The number of rotatable bonds is 12. The summed E-state index contributed by atoms with van der Waals surface area (Å²) < 4.78 is 51.4. The zero-order chi connectivity index (χ0) is 30.6. The first kappa shape index (κ1) is 31.2. The smallest absolute Gasteiger partial charge is 0.407 e. The molecule has 14 heteroatoms. The van der Waals surface area contributed by atoms with Crippen LogP contribution >= 0.6 is 0 Å². The molecule has 2 saturated heterocycles. The Morgan fingerprint density at radius 2 is 1.98 bits per heavy atom. The van der Waals surface area contributed by atoms with Crippen molar-refractivity contribution in [1.29, 1.82) is 0 Å². The van der Waals surface area contributed by atoms with Gasteiger partial charge in [-0.15, -0.1) is 0 Å². The summed E-state index contributed by atoms with van der Waals surface area (Å²) in [4.78, 5) is 17.3. The molecule has 0 unspecified atom stereocenters. The number of oxazole rings is 1. The zero-order valence-corrected chi connectivity index (χ0v) is 25.2. The summed E-state index contributed by atoms with van der Waals surface area (Å²) in [6, 6.07) is 12.9. The number of fused-ring (bicyclic) bond motifs is 2. The summed E-state index contributed by atoms with van der Waals surface area (Å²) in [6.07, 6.45) is -2.83. The van der Waals surface area contributed by atoms with Gasteiger partial charge < -0.3 is 39.7 Å². The first-order valence-electron chi connectivity index (χ1n) is 14.4. The Hall–Kier alpha value is -3.27. The molecule has 0 aliphatic carbocycles. The monoisotopic (exact) mass is 617 g/mol. The second-order valence-electron chi connectivity index (χ2n) is 11.1. The number of sulfonamides is 1. The Labute approximate surface area is 250 Å². The summed E-state index contributed by atoms with van der Waals surface area (Å²) in [5.41, 5.74) is 1.68. The Morgan fingerprint density at radius 3 is 2.72 bits per heavy atom. The van der Waals surface area contributed by atoms with Crippen molar-refractivity contribution in [2.45, 2.75) is 55.7 Å². The Bertz CT molecular complexity index is 1480. The van der Waals surface area contributed by atoms with E-state index in [4.69, 9.17) is 18.6 Å². The standard InChI is InChI=1S/C29H39N5O8S/c1-18(2)15-34(43(37,38)20-9-10-21-24(14-20)41-28(30-3)32-21)16-23(35)22(13-19-7-5-4-6-8-19)33-29(36)42-25-17-40-27-26(25)31-11-12-39-27/h4-10,14,18,22-23,25-27,31,35H,11-13,15-17H2,1-3H3,(H,30,32)(H,33,36)/t22-,23+,25+,26+,27-/m0/s1. The van der Waals surface area contributed by atoms with Crippen LogP contribution in [0.4, 0.5) is 10.8 Å². The largest absolute Gasteiger partial charge is 0.442 e. The van der Waals surface area contributed by atoms with Gasteiger partial charge in [0, 0.05) is 32.7 Å². The lowest BCUT2D eigenvalue weighted by molar-refractivity contribution is -0.137. The lowest BCUT2D eigenvalue weighted by Gasteiger charge is -2.31. The molecule has 1 aromatic heterocycles. The van der Waals surface area contributed by atoms with Crippen LogP contribution in [-0.4, -0.2) is 99.4 Å². The number of aromatic nitrogens is 1. The highest BCUT2D eigenvalue weighted by molar-refractivity contribution is 7.89. The fourth-order valence-electron chi connectivity index (χ4n) is 5.27. The molecular weight excluding hydrogens is 578 g/mol. The third-order valence-electron chi connectivity index (χ3n) is 7.38. The highest BCUT2D eigenvalue weighted by atomic mass is 32.2. The second kappa shape index (κ2) is 13.6. The number of ether oxygens (including phenoxy) is 3. The average molecular weight is 618 g/mol. The van der Waals surface area contributed by atoms with E-state index in [-0.39, 0.29) is 49.0 Å². The Balaban J connectivity index is 1.34. The Morgan fingerprint density at radius 1 is 1.19 bits per heavy atom. The van der Waals surface area contributed by atoms with Gasteiger partial charge in [0.05, 0.1) is 36.3 Å². The second-order valence-corrected chi connectivity index (χ2v) is 13.1. The van der Waals surface area contributed by atoms with Crippen molar-refractivity contribution < 1.29 is 36.9 Å². The van der Waals surface area contributed by atoms with E-state index in [1.54, 1.807) is 13.1 Å². The number of anilines is 1. The molecule has 43 heavy (non-hydrogen) atoms. The van der Waals surface area contributed by atoms with Crippen LogP contribution in [0.15, 0.2) is 57.8 Å². The minimum absolute atomic E-state index is 0.0108. The van der Waals surface area contributed by atoms with E-state index in [0.29, 0.717) is 24.3 Å². The molecule has 2 aliphatic rings. The van der Waals surface area contributed by atoms with Gasteiger partial charge in [0.2, 0.25) is 10.0 Å². The number of hydrogen-bond donors (Lipinski definition) is 4. The zero-order valence-electron chi connectivity index (χ0n) is 24.4. The van der Waals surface area contributed by atoms with Gasteiger partial charge in [-0.2, -0.15) is 9.29 Å². The lowest BCUT2D eigenvalue weighted by atomic mass is 10.0. The van der Waals surface area contributed by atoms with Gasteiger partial charge >= 0.3 is 6.09 Å². The first-order chi connectivity index (χ1) is 20.6. The topological polar surface area (TPSA) is 164 Å². The third kappa shape index (κ3) is 7.45. The molecule has 2 aromatic carbocycles. The van der Waals surface area contributed by atoms with Gasteiger partial charge in [-0.3, -0.25) is 0 Å². The number of amides is 1. The molecule has 3 aromatic rings. The van der Waals surface area contributed by atoms with Crippen molar-refractivity contribution in [2.75, 3.05) is 45.2 Å². The van der Waals surface area contributed by atoms with Crippen molar-refractivity contribution in [1.82, 2.24) is 19.9 Å². The van der Waals surface area contributed by atoms with Crippen molar-refractivity contribution in [3.05, 3.63) is 54.1 Å². The van der Waals surface area contributed by atoms with E-state index < -0.39 is 40.7 Å². The summed E-state index contributed by atoms with van der Waals surface area (Å²) in [5, 5.41) is 20.3. The predicted octanol–water partition coefficient (Wildman–Crippen LogP) is 1.93. The average Bonchev–Trinajstić information content (AvgIpc) is 3.60. The van der Waals surface area contributed by atoms with Gasteiger partial charge in [-0.25, -0.2) is 13.2 Å². The summed E-state index contributed by atoms with van der Waals surface area (Å²) >= 11 is 0. The third-order valence-corrected chi connectivity index (χ3v) is 9.21. The number of nitrogens with one attached hydrogen (secondary N) is 3. The van der Waals surface area contributed by atoms with E-state index >= 15 is 0 Å². The molecule has 2 fully saturated rings. The molecule has 4 N–H and O–H groups in total. The van der Waals surface area contributed by atoms with Crippen LogP contribution in [0.1, 0.15) is 19.4 Å².